The Bertz CT molecular complexity index is 595. The normalized spacial score (nSPS) is 10.4. The maximum Gasteiger partial charge on any atom is 0.107 e. The second kappa shape index (κ2) is 6.32. The lowest BCUT2D eigenvalue weighted by molar-refractivity contribution is 0.968. The highest BCUT2D eigenvalue weighted by atomic mass is 35.5. The minimum Gasteiger partial charge on any atom is -0.389 e. The zero-order chi connectivity index (χ0) is 13.8. The summed E-state index contributed by atoms with van der Waals surface area (Å²) in [6, 6.07) is 5.58. The van der Waals surface area contributed by atoms with Crippen LogP contribution in [-0.2, 0) is 6.42 Å². The van der Waals surface area contributed by atoms with Crippen molar-refractivity contribution in [3.63, 3.8) is 0 Å². The molecule has 0 amide bonds. The second-order valence-corrected chi connectivity index (χ2v) is 5.97. The number of rotatable bonds is 5. The quantitative estimate of drug-likeness (QED) is 0.831. The highest BCUT2D eigenvalue weighted by molar-refractivity contribution is 7.80. The van der Waals surface area contributed by atoms with Crippen LogP contribution in [0.1, 0.15) is 16.3 Å². The fraction of sp³-hybridized carbons (Fsp3) is 0.231. The minimum absolute atomic E-state index is 0.303. The van der Waals surface area contributed by atoms with E-state index < -0.39 is 0 Å². The molecule has 0 atom stereocenters. The van der Waals surface area contributed by atoms with Gasteiger partial charge in [0.1, 0.15) is 4.99 Å². The second-order valence-electron chi connectivity index (χ2n) is 4.06. The van der Waals surface area contributed by atoms with E-state index in [0.717, 1.165) is 29.4 Å². The van der Waals surface area contributed by atoms with E-state index in [1.165, 1.54) is 0 Å². The SMILES string of the molecule is Cc1nc(CCNc2cccc(Cl)c2C(N)=S)cs1. The van der Waals surface area contributed by atoms with E-state index in [-0.39, 0.29) is 0 Å². The van der Waals surface area contributed by atoms with Gasteiger partial charge in [-0.25, -0.2) is 4.98 Å². The van der Waals surface area contributed by atoms with E-state index in [0.29, 0.717) is 15.6 Å². The maximum atomic E-state index is 6.11. The number of halogens is 1. The molecule has 0 saturated carbocycles. The Hall–Kier alpha value is -1.17. The van der Waals surface area contributed by atoms with Crippen LogP contribution in [0.2, 0.25) is 5.02 Å². The molecule has 1 aromatic carbocycles. The zero-order valence-electron chi connectivity index (χ0n) is 10.4. The van der Waals surface area contributed by atoms with Gasteiger partial charge in [-0.1, -0.05) is 29.9 Å². The first kappa shape index (κ1) is 14.2. The number of nitrogens with one attached hydrogen (secondary N) is 1. The molecule has 0 aliphatic rings. The van der Waals surface area contributed by atoms with Crippen molar-refractivity contribution in [2.45, 2.75) is 13.3 Å². The Morgan fingerprint density at radius 1 is 1.53 bits per heavy atom. The van der Waals surface area contributed by atoms with Crippen molar-refractivity contribution >= 4 is 45.8 Å². The summed E-state index contributed by atoms with van der Waals surface area (Å²) >= 11 is 12.8. The lowest BCUT2D eigenvalue weighted by Gasteiger charge is -2.12. The van der Waals surface area contributed by atoms with Gasteiger partial charge in [-0.05, 0) is 19.1 Å². The van der Waals surface area contributed by atoms with Crippen molar-refractivity contribution in [2.75, 3.05) is 11.9 Å². The number of thiazole rings is 1. The Morgan fingerprint density at radius 3 is 2.95 bits per heavy atom. The molecular formula is C13H14ClN3S2. The number of nitrogens with zero attached hydrogens (tertiary/aromatic N) is 1. The first-order chi connectivity index (χ1) is 9.08. The molecule has 100 valence electrons. The van der Waals surface area contributed by atoms with E-state index in [9.17, 15) is 0 Å². The third-order valence-corrected chi connectivity index (χ3v) is 3.96. The van der Waals surface area contributed by atoms with Crippen LogP contribution in [0.15, 0.2) is 23.6 Å². The first-order valence-corrected chi connectivity index (χ1v) is 7.47. The summed E-state index contributed by atoms with van der Waals surface area (Å²) in [6.45, 7) is 2.77. The molecule has 0 saturated heterocycles. The van der Waals surface area contributed by atoms with Gasteiger partial charge >= 0.3 is 0 Å². The van der Waals surface area contributed by atoms with Crippen molar-refractivity contribution in [1.29, 1.82) is 0 Å². The van der Waals surface area contributed by atoms with Crippen molar-refractivity contribution in [3.8, 4) is 0 Å². The van der Waals surface area contributed by atoms with Gasteiger partial charge < -0.3 is 11.1 Å². The van der Waals surface area contributed by atoms with Gasteiger partial charge in [0.25, 0.3) is 0 Å². The highest BCUT2D eigenvalue weighted by Gasteiger charge is 2.09. The minimum atomic E-state index is 0.303. The van der Waals surface area contributed by atoms with Crippen molar-refractivity contribution < 1.29 is 0 Å². The number of benzene rings is 1. The summed E-state index contributed by atoms with van der Waals surface area (Å²) in [5.74, 6) is 0. The Kier molecular flexibility index (Phi) is 4.74. The number of anilines is 1. The van der Waals surface area contributed by atoms with Gasteiger partial charge in [0.15, 0.2) is 0 Å². The van der Waals surface area contributed by atoms with Crippen molar-refractivity contribution in [1.82, 2.24) is 4.98 Å². The summed E-state index contributed by atoms with van der Waals surface area (Å²) in [7, 11) is 0. The van der Waals surface area contributed by atoms with Crippen molar-refractivity contribution in [2.24, 2.45) is 5.73 Å². The summed E-state index contributed by atoms with van der Waals surface area (Å²) in [6.07, 6.45) is 0.855. The summed E-state index contributed by atoms with van der Waals surface area (Å²) in [5, 5.41) is 7.03. The van der Waals surface area contributed by atoms with Crippen LogP contribution in [0.3, 0.4) is 0 Å². The van der Waals surface area contributed by atoms with Crippen LogP contribution in [0, 0.1) is 6.92 Å². The molecule has 0 radical (unpaired) electrons. The van der Waals surface area contributed by atoms with Crippen LogP contribution < -0.4 is 11.1 Å². The van der Waals surface area contributed by atoms with E-state index in [2.05, 4.69) is 15.7 Å². The third kappa shape index (κ3) is 3.65. The number of aryl methyl sites for hydroxylation is 1. The first-order valence-electron chi connectivity index (χ1n) is 5.81. The molecule has 2 aromatic rings. The lowest BCUT2D eigenvalue weighted by Crippen LogP contribution is -2.15. The van der Waals surface area contributed by atoms with E-state index in [4.69, 9.17) is 29.6 Å². The van der Waals surface area contributed by atoms with Gasteiger partial charge in [-0.15, -0.1) is 11.3 Å². The molecule has 0 spiro atoms. The number of hydrogen-bond acceptors (Lipinski definition) is 4. The molecule has 0 unspecified atom stereocenters. The Balaban J connectivity index is 2.03. The van der Waals surface area contributed by atoms with E-state index in [1.54, 1.807) is 17.4 Å². The highest BCUT2D eigenvalue weighted by Crippen LogP contribution is 2.24. The molecule has 19 heavy (non-hydrogen) atoms. The molecule has 6 heteroatoms. The Labute approximate surface area is 126 Å². The molecule has 1 heterocycles. The van der Waals surface area contributed by atoms with E-state index >= 15 is 0 Å². The van der Waals surface area contributed by atoms with E-state index in [1.807, 2.05) is 19.1 Å². The summed E-state index contributed by atoms with van der Waals surface area (Å²) < 4.78 is 0. The number of nitrogens with two attached hydrogens (primary N) is 1. The zero-order valence-corrected chi connectivity index (χ0v) is 12.8. The molecule has 0 aliphatic heterocycles. The standard InChI is InChI=1S/C13H14ClN3S2/c1-8-17-9(7-19-8)5-6-16-11-4-2-3-10(14)12(11)13(15)18/h2-4,7,16H,5-6H2,1H3,(H2,15,18). The topological polar surface area (TPSA) is 50.9 Å². The fourth-order valence-electron chi connectivity index (χ4n) is 1.77. The molecule has 0 bridgehead atoms. The van der Waals surface area contributed by atoms with Gasteiger partial charge in [-0.3, -0.25) is 0 Å². The molecule has 2 rings (SSSR count). The molecule has 3 nitrogen and oxygen atoms in total. The molecule has 0 fully saturated rings. The average Bonchev–Trinajstić information content (AvgIpc) is 2.74. The predicted octanol–water partition coefficient (Wildman–Crippen LogP) is 3.39. The molecule has 1 aromatic heterocycles. The smallest absolute Gasteiger partial charge is 0.107 e. The number of hydrogen-bond donors (Lipinski definition) is 2. The van der Waals surface area contributed by atoms with Gasteiger partial charge in [0.05, 0.1) is 21.3 Å². The third-order valence-electron chi connectivity index (χ3n) is 2.62. The summed E-state index contributed by atoms with van der Waals surface area (Å²) in [4.78, 5) is 4.72. The van der Waals surface area contributed by atoms with Gasteiger partial charge in [0.2, 0.25) is 0 Å². The fourth-order valence-corrected chi connectivity index (χ4v) is 2.97. The van der Waals surface area contributed by atoms with Crippen LogP contribution >= 0.6 is 35.2 Å². The Morgan fingerprint density at radius 2 is 2.32 bits per heavy atom. The van der Waals surface area contributed by atoms with Crippen LogP contribution in [0.4, 0.5) is 5.69 Å². The van der Waals surface area contributed by atoms with Gasteiger partial charge in [-0.2, -0.15) is 0 Å². The largest absolute Gasteiger partial charge is 0.389 e. The number of aromatic nitrogens is 1. The maximum absolute atomic E-state index is 6.11. The molecule has 0 aliphatic carbocycles. The van der Waals surface area contributed by atoms with Crippen molar-refractivity contribution in [3.05, 3.63) is 44.9 Å². The monoisotopic (exact) mass is 311 g/mol. The average molecular weight is 312 g/mol. The predicted molar refractivity (Wildman–Crippen MR) is 86.4 cm³/mol. The molecule has 3 N–H and O–H groups in total. The van der Waals surface area contributed by atoms with Gasteiger partial charge in [0, 0.05) is 24.0 Å². The van der Waals surface area contributed by atoms with Crippen LogP contribution in [0.5, 0.6) is 0 Å². The van der Waals surface area contributed by atoms with Crippen LogP contribution in [-0.4, -0.2) is 16.5 Å². The lowest BCUT2D eigenvalue weighted by atomic mass is 10.1. The van der Waals surface area contributed by atoms with Crippen LogP contribution in [0.25, 0.3) is 0 Å². The molecular weight excluding hydrogens is 298 g/mol. The summed E-state index contributed by atoms with van der Waals surface area (Å²) in [5.41, 5.74) is 8.36. The number of thiocarbonyl (C=S) groups is 1.